The highest BCUT2D eigenvalue weighted by atomic mass is 35.5. The molecule has 0 saturated heterocycles. The number of alkyl halides is 3. The molecule has 14 heavy (non-hydrogen) atoms. The third kappa shape index (κ3) is 2.90. The lowest BCUT2D eigenvalue weighted by Crippen LogP contribution is -2.27. The number of aliphatic hydroxyl groups excluding tert-OH is 1. The molecule has 0 amide bonds. The monoisotopic (exact) mass is 231 g/mol. The molecule has 0 fully saturated rings. The number of nitrogens with two attached hydrogens (primary N) is 1. The van der Waals surface area contributed by atoms with Gasteiger partial charge in [-0.25, -0.2) is 0 Å². The standard InChI is InChI=1S/C7H8F3NO2.ClH/c8-7(9,10)6(11)5-2-1-4(3-12)13-5;/h1-2,6,12H,3,11H2;1H/t6-;/m0./s1. The second-order valence-electron chi connectivity index (χ2n) is 2.48. The van der Waals surface area contributed by atoms with Crippen molar-refractivity contribution in [2.45, 2.75) is 18.8 Å². The number of aliphatic hydroxyl groups is 1. The minimum absolute atomic E-state index is 0. The van der Waals surface area contributed by atoms with Crippen LogP contribution in [-0.2, 0) is 6.61 Å². The maximum atomic E-state index is 12.0. The van der Waals surface area contributed by atoms with Gasteiger partial charge in [-0.2, -0.15) is 13.2 Å². The van der Waals surface area contributed by atoms with E-state index < -0.39 is 24.6 Å². The number of furan rings is 1. The molecule has 7 heteroatoms. The SMILES string of the molecule is Cl.N[C@@H](c1ccc(CO)o1)C(F)(F)F. The quantitative estimate of drug-likeness (QED) is 0.815. The van der Waals surface area contributed by atoms with Gasteiger partial charge in [-0.3, -0.25) is 0 Å². The van der Waals surface area contributed by atoms with Crippen LogP contribution in [0.4, 0.5) is 13.2 Å². The van der Waals surface area contributed by atoms with Gasteiger partial charge in [0.05, 0.1) is 0 Å². The van der Waals surface area contributed by atoms with Crippen molar-refractivity contribution in [3.05, 3.63) is 23.7 Å². The van der Waals surface area contributed by atoms with Crippen LogP contribution in [0.15, 0.2) is 16.5 Å². The van der Waals surface area contributed by atoms with Crippen LogP contribution in [0.25, 0.3) is 0 Å². The Balaban J connectivity index is 0.00000169. The van der Waals surface area contributed by atoms with E-state index >= 15 is 0 Å². The van der Waals surface area contributed by atoms with Gasteiger partial charge in [-0.15, -0.1) is 12.4 Å². The minimum Gasteiger partial charge on any atom is -0.462 e. The molecule has 0 aliphatic carbocycles. The Bertz CT molecular complexity index is 287. The first-order valence-corrected chi connectivity index (χ1v) is 3.47. The van der Waals surface area contributed by atoms with Gasteiger partial charge in [-0.1, -0.05) is 0 Å². The first-order valence-electron chi connectivity index (χ1n) is 3.47. The number of hydrogen-bond acceptors (Lipinski definition) is 3. The van der Waals surface area contributed by atoms with Gasteiger partial charge in [0.15, 0.2) is 6.04 Å². The average Bonchev–Trinajstić information content (AvgIpc) is 2.48. The Hall–Kier alpha value is -0.720. The van der Waals surface area contributed by atoms with E-state index in [0.717, 1.165) is 6.07 Å². The van der Waals surface area contributed by atoms with Gasteiger partial charge in [0.1, 0.15) is 18.1 Å². The van der Waals surface area contributed by atoms with Gasteiger partial charge >= 0.3 is 6.18 Å². The van der Waals surface area contributed by atoms with Crippen molar-refractivity contribution in [1.82, 2.24) is 0 Å². The van der Waals surface area contributed by atoms with Crippen LogP contribution < -0.4 is 5.73 Å². The summed E-state index contributed by atoms with van der Waals surface area (Å²) in [6.07, 6.45) is -4.52. The van der Waals surface area contributed by atoms with E-state index in [1.54, 1.807) is 0 Å². The second-order valence-corrected chi connectivity index (χ2v) is 2.48. The minimum atomic E-state index is -4.52. The number of halogens is 4. The molecule has 1 aromatic rings. The van der Waals surface area contributed by atoms with E-state index in [0.29, 0.717) is 0 Å². The van der Waals surface area contributed by atoms with Crippen LogP contribution in [0.5, 0.6) is 0 Å². The zero-order valence-electron chi connectivity index (χ0n) is 6.91. The molecule has 0 aromatic carbocycles. The summed E-state index contributed by atoms with van der Waals surface area (Å²) in [6.45, 7) is -0.440. The molecule has 1 heterocycles. The van der Waals surface area contributed by atoms with Gasteiger partial charge < -0.3 is 15.3 Å². The van der Waals surface area contributed by atoms with Crippen LogP contribution in [0, 0.1) is 0 Å². The molecule has 1 aromatic heterocycles. The molecule has 1 rings (SSSR count). The largest absolute Gasteiger partial charge is 0.462 e. The fraction of sp³-hybridized carbons (Fsp3) is 0.429. The summed E-state index contributed by atoms with van der Waals surface area (Å²) >= 11 is 0. The van der Waals surface area contributed by atoms with Gasteiger partial charge in [0, 0.05) is 0 Å². The molecule has 0 spiro atoms. The van der Waals surface area contributed by atoms with Crippen LogP contribution >= 0.6 is 12.4 Å². The Labute approximate surface area is 84.1 Å². The van der Waals surface area contributed by atoms with E-state index in [1.165, 1.54) is 6.07 Å². The van der Waals surface area contributed by atoms with Crippen molar-refractivity contribution in [3.63, 3.8) is 0 Å². The van der Waals surface area contributed by atoms with Gasteiger partial charge in [0.2, 0.25) is 0 Å². The normalized spacial score (nSPS) is 13.5. The van der Waals surface area contributed by atoms with Crippen molar-refractivity contribution in [2.75, 3.05) is 0 Å². The lowest BCUT2D eigenvalue weighted by Gasteiger charge is -2.12. The van der Waals surface area contributed by atoms with Crippen LogP contribution in [-0.4, -0.2) is 11.3 Å². The first kappa shape index (κ1) is 13.3. The molecule has 82 valence electrons. The van der Waals surface area contributed by atoms with Crippen LogP contribution in [0.2, 0.25) is 0 Å². The predicted octanol–water partition coefficient (Wildman–Crippen LogP) is 1.76. The van der Waals surface area contributed by atoms with E-state index in [2.05, 4.69) is 4.42 Å². The molecular formula is C7H9ClF3NO2. The topological polar surface area (TPSA) is 59.4 Å². The van der Waals surface area contributed by atoms with E-state index in [4.69, 9.17) is 10.8 Å². The summed E-state index contributed by atoms with van der Waals surface area (Å²) in [6, 6.07) is 0.220. The summed E-state index contributed by atoms with van der Waals surface area (Å²) in [7, 11) is 0. The molecular weight excluding hydrogens is 223 g/mol. The lowest BCUT2D eigenvalue weighted by molar-refractivity contribution is -0.152. The Kier molecular flexibility index (Phi) is 4.44. The van der Waals surface area contributed by atoms with Crippen molar-refractivity contribution in [1.29, 1.82) is 0 Å². The first-order chi connectivity index (χ1) is 5.95. The van der Waals surface area contributed by atoms with Gasteiger partial charge in [-0.05, 0) is 12.1 Å². The molecule has 0 saturated carbocycles. The average molecular weight is 232 g/mol. The summed E-state index contributed by atoms with van der Waals surface area (Å²) in [5.41, 5.74) is 4.84. The predicted molar refractivity (Wildman–Crippen MR) is 44.9 cm³/mol. The second kappa shape index (κ2) is 4.68. The molecule has 3 N–H and O–H groups in total. The van der Waals surface area contributed by atoms with Crippen molar-refractivity contribution >= 4 is 12.4 Å². The third-order valence-corrected chi connectivity index (χ3v) is 1.50. The highest BCUT2D eigenvalue weighted by Gasteiger charge is 2.39. The maximum absolute atomic E-state index is 12.0. The van der Waals surface area contributed by atoms with E-state index in [-0.39, 0.29) is 18.2 Å². The third-order valence-electron chi connectivity index (χ3n) is 1.50. The molecule has 0 bridgehead atoms. The Morgan fingerprint density at radius 1 is 1.43 bits per heavy atom. The highest BCUT2D eigenvalue weighted by molar-refractivity contribution is 5.85. The van der Waals surface area contributed by atoms with Crippen molar-refractivity contribution < 1.29 is 22.7 Å². The number of hydrogen-bond donors (Lipinski definition) is 2. The smallest absolute Gasteiger partial charge is 0.410 e. The van der Waals surface area contributed by atoms with Crippen molar-refractivity contribution in [2.24, 2.45) is 5.73 Å². The molecule has 0 aliphatic heterocycles. The molecule has 1 atom stereocenters. The van der Waals surface area contributed by atoms with Gasteiger partial charge in [0.25, 0.3) is 0 Å². The van der Waals surface area contributed by atoms with E-state index in [1.807, 2.05) is 0 Å². The van der Waals surface area contributed by atoms with Crippen LogP contribution in [0.1, 0.15) is 17.6 Å². The summed E-state index contributed by atoms with van der Waals surface area (Å²) < 4.78 is 40.6. The molecule has 0 unspecified atom stereocenters. The van der Waals surface area contributed by atoms with Crippen LogP contribution in [0.3, 0.4) is 0 Å². The zero-order valence-corrected chi connectivity index (χ0v) is 7.73. The maximum Gasteiger partial charge on any atom is 0.410 e. The summed E-state index contributed by atoms with van der Waals surface area (Å²) in [5, 5.41) is 8.52. The Morgan fingerprint density at radius 2 is 2.00 bits per heavy atom. The summed E-state index contributed by atoms with van der Waals surface area (Å²) in [4.78, 5) is 0. The zero-order chi connectivity index (χ0) is 10.1. The molecule has 3 nitrogen and oxygen atoms in total. The lowest BCUT2D eigenvalue weighted by atomic mass is 10.2. The fourth-order valence-electron chi connectivity index (χ4n) is 0.808. The highest BCUT2D eigenvalue weighted by Crippen LogP contribution is 2.31. The summed E-state index contributed by atoms with van der Waals surface area (Å²) in [5.74, 6) is -0.328. The van der Waals surface area contributed by atoms with Crippen molar-refractivity contribution in [3.8, 4) is 0 Å². The Morgan fingerprint density at radius 3 is 2.36 bits per heavy atom. The van der Waals surface area contributed by atoms with E-state index in [9.17, 15) is 13.2 Å². The molecule has 0 aliphatic rings. The molecule has 0 radical (unpaired) electrons. The fourth-order valence-corrected chi connectivity index (χ4v) is 0.808. The number of rotatable bonds is 2.